The van der Waals surface area contributed by atoms with Crippen molar-refractivity contribution in [3.63, 3.8) is 0 Å². The normalized spacial score (nSPS) is 16.9. The van der Waals surface area contributed by atoms with E-state index in [9.17, 15) is 0 Å². The van der Waals surface area contributed by atoms with Crippen molar-refractivity contribution in [3.8, 4) is 5.75 Å². The van der Waals surface area contributed by atoms with E-state index in [1.807, 2.05) is 6.92 Å². The van der Waals surface area contributed by atoms with Gasteiger partial charge in [0.15, 0.2) is 11.6 Å². The molecule has 2 aliphatic rings. The van der Waals surface area contributed by atoms with Crippen LogP contribution in [0.3, 0.4) is 0 Å². The molecule has 1 aromatic carbocycles. The highest BCUT2D eigenvalue weighted by atomic mass is 19.1. The van der Waals surface area contributed by atoms with E-state index in [2.05, 4.69) is 30.1 Å². The first-order chi connectivity index (χ1) is 13.5. The molecule has 0 atom stereocenters. The predicted molar refractivity (Wildman–Crippen MR) is 113 cm³/mol. The number of likely N-dealkylation sites (tertiary alicyclic amines) is 1. The Morgan fingerprint density at radius 1 is 1.18 bits per heavy atom. The van der Waals surface area contributed by atoms with Crippen molar-refractivity contribution in [2.24, 2.45) is 0 Å². The summed E-state index contributed by atoms with van der Waals surface area (Å²) in [7, 11) is 0. The van der Waals surface area contributed by atoms with Crippen LogP contribution in [0.2, 0.25) is 0 Å². The van der Waals surface area contributed by atoms with Crippen molar-refractivity contribution in [2.75, 3.05) is 31.6 Å². The van der Waals surface area contributed by atoms with Gasteiger partial charge in [0.1, 0.15) is 11.3 Å². The summed E-state index contributed by atoms with van der Waals surface area (Å²) in [6.07, 6.45) is 6.63. The molecule has 0 radical (unpaired) electrons. The molecular formula is C23H32FN3O. The zero-order valence-corrected chi connectivity index (χ0v) is 17.4. The van der Waals surface area contributed by atoms with Gasteiger partial charge < -0.3 is 15.0 Å². The topological polar surface area (TPSA) is 37.4 Å². The zero-order chi connectivity index (χ0) is 19.7. The second kappa shape index (κ2) is 8.24. The molecule has 4 nitrogen and oxygen atoms in total. The smallest absolute Gasteiger partial charge is 0.191 e. The number of nitrogens with one attached hydrogen (secondary N) is 1. The van der Waals surface area contributed by atoms with Crippen molar-refractivity contribution in [2.45, 2.75) is 65.3 Å². The van der Waals surface area contributed by atoms with Crippen LogP contribution in [0.4, 0.5) is 10.2 Å². The average molecular weight is 386 g/mol. The molecule has 1 aliphatic heterocycles. The third-order valence-corrected chi connectivity index (χ3v) is 5.92. The first-order valence-electron chi connectivity index (χ1n) is 10.8. The number of anilines is 1. The fourth-order valence-corrected chi connectivity index (χ4v) is 4.61. The molecular weight excluding hydrogens is 353 g/mol. The molecule has 2 aromatic rings. The monoisotopic (exact) mass is 385 g/mol. The van der Waals surface area contributed by atoms with Gasteiger partial charge in [-0.2, -0.15) is 0 Å². The second-order valence-electron chi connectivity index (χ2n) is 8.55. The van der Waals surface area contributed by atoms with Gasteiger partial charge in [-0.25, -0.2) is 9.37 Å². The summed E-state index contributed by atoms with van der Waals surface area (Å²) >= 11 is 0. The number of pyridine rings is 1. The number of rotatable bonds is 7. The molecule has 2 heterocycles. The SMILES string of the molecule is Cc1cc2c3c(c(NC(C)C)nc2c(F)c1OCCCN1CCCC1)CCC3. The van der Waals surface area contributed by atoms with E-state index in [4.69, 9.17) is 9.72 Å². The van der Waals surface area contributed by atoms with Crippen molar-refractivity contribution in [3.05, 3.63) is 28.6 Å². The van der Waals surface area contributed by atoms with Crippen molar-refractivity contribution >= 4 is 16.7 Å². The molecule has 5 heteroatoms. The lowest BCUT2D eigenvalue weighted by Gasteiger charge is -2.18. The van der Waals surface area contributed by atoms with Crippen LogP contribution in [0.15, 0.2) is 6.07 Å². The third kappa shape index (κ3) is 3.82. The minimum atomic E-state index is -0.308. The van der Waals surface area contributed by atoms with Crippen molar-refractivity contribution in [1.82, 2.24) is 9.88 Å². The van der Waals surface area contributed by atoms with E-state index in [1.54, 1.807) is 0 Å². The van der Waals surface area contributed by atoms with E-state index >= 15 is 4.39 Å². The van der Waals surface area contributed by atoms with Crippen LogP contribution in [0, 0.1) is 12.7 Å². The van der Waals surface area contributed by atoms with Gasteiger partial charge in [-0.05, 0) is 95.1 Å². The minimum Gasteiger partial charge on any atom is -0.490 e. The fourth-order valence-electron chi connectivity index (χ4n) is 4.61. The summed E-state index contributed by atoms with van der Waals surface area (Å²) in [5.74, 6) is 0.908. The van der Waals surface area contributed by atoms with Crippen LogP contribution in [-0.2, 0) is 12.8 Å². The molecule has 0 bridgehead atoms. The highest BCUT2D eigenvalue weighted by Crippen LogP contribution is 2.38. The summed E-state index contributed by atoms with van der Waals surface area (Å²) in [6, 6.07) is 2.34. The van der Waals surface area contributed by atoms with E-state index in [0.717, 1.165) is 49.0 Å². The van der Waals surface area contributed by atoms with Crippen molar-refractivity contribution in [1.29, 1.82) is 0 Å². The van der Waals surface area contributed by atoms with Crippen LogP contribution in [0.25, 0.3) is 10.9 Å². The highest BCUT2D eigenvalue weighted by Gasteiger charge is 2.24. The van der Waals surface area contributed by atoms with Gasteiger partial charge in [0.2, 0.25) is 0 Å². The summed E-state index contributed by atoms with van der Waals surface area (Å²) in [5.41, 5.74) is 3.84. The summed E-state index contributed by atoms with van der Waals surface area (Å²) in [6.45, 7) is 10.1. The number of aryl methyl sites for hydroxylation is 2. The molecule has 1 fully saturated rings. The van der Waals surface area contributed by atoms with E-state index in [0.29, 0.717) is 17.9 Å². The molecule has 1 aliphatic carbocycles. The van der Waals surface area contributed by atoms with E-state index in [1.165, 1.54) is 37.1 Å². The van der Waals surface area contributed by atoms with Crippen LogP contribution >= 0.6 is 0 Å². The Morgan fingerprint density at radius 3 is 2.68 bits per heavy atom. The summed E-state index contributed by atoms with van der Waals surface area (Å²) < 4.78 is 21.3. The van der Waals surface area contributed by atoms with Gasteiger partial charge in [-0.15, -0.1) is 0 Å². The number of ether oxygens (including phenoxy) is 1. The molecule has 1 N–H and O–H groups in total. The molecule has 0 unspecified atom stereocenters. The molecule has 0 saturated carbocycles. The van der Waals surface area contributed by atoms with E-state index in [-0.39, 0.29) is 11.9 Å². The van der Waals surface area contributed by atoms with Crippen LogP contribution in [-0.4, -0.2) is 42.2 Å². The van der Waals surface area contributed by atoms with Crippen LogP contribution in [0.1, 0.15) is 56.2 Å². The minimum absolute atomic E-state index is 0.268. The fraction of sp³-hybridized carbons (Fsp3) is 0.609. The Balaban J connectivity index is 1.60. The lowest BCUT2D eigenvalue weighted by atomic mass is 10.0. The first-order valence-corrected chi connectivity index (χ1v) is 10.8. The Kier molecular flexibility index (Phi) is 5.72. The first kappa shape index (κ1) is 19.4. The maximum Gasteiger partial charge on any atom is 0.191 e. The molecule has 0 spiro atoms. The molecule has 1 saturated heterocycles. The Labute approximate surface area is 167 Å². The molecule has 0 amide bonds. The number of aromatic nitrogens is 1. The zero-order valence-electron chi connectivity index (χ0n) is 17.4. The van der Waals surface area contributed by atoms with Gasteiger partial charge in [-0.3, -0.25) is 0 Å². The van der Waals surface area contributed by atoms with Crippen LogP contribution in [0.5, 0.6) is 5.75 Å². The molecule has 1 aromatic heterocycles. The number of benzene rings is 1. The van der Waals surface area contributed by atoms with Gasteiger partial charge >= 0.3 is 0 Å². The lowest BCUT2D eigenvalue weighted by molar-refractivity contribution is 0.255. The molecule has 152 valence electrons. The highest BCUT2D eigenvalue weighted by molar-refractivity contribution is 5.89. The van der Waals surface area contributed by atoms with Gasteiger partial charge in [0.05, 0.1) is 6.61 Å². The largest absolute Gasteiger partial charge is 0.490 e. The lowest BCUT2D eigenvalue weighted by Crippen LogP contribution is -2.22. The summed E-state index contributed by atoms with van der Waals surface area (Å²) in [4.78, 5) is 7.17. The predicted octanol–water partition coefficient (Wildman–Crippen LogP) is 4.86. The third-order valence-electron chi connectivity index (χ3n) is 5.92. The number of hydrogen-bond acceptors (Lipinski definition) is 4. The number of fused-ring (bicyclic) bond motifs is 3. The Hall–Kier alpha value is -1.88. The number of nitrogens with zero attached hydrogens (tertiary/aromatic N) is 2. The summed E-state index contributed by atoms with van der Waals surface area (Å²) in [5, 5.41) is 4.38. The molecule has 28 heavy (non-hydrogen) atoms. The quantitative estimate of drug-likeness (QED) is 0.691. The van der Waals surface area contributed by atoms with Crippen LogP contribution < -0.4 is 10.1 Å². The Bertz CT molecular complexity index is 859. The maximum absolute atomic E-state index is 15.4. The standard InChI is InChI=1S/C23H32FN3O/c1-15(2)25-23-18-9-6-8-17(18)19-14-16(3)22(20(24)21(19)26-23)28-13-7-12-27-10-4-5-11-27/h14-15H,4-13H2,1-3H3,(H,25,26). The van der Waals surface area contributed by atoms with Gasteiger partial charge in [0.25, 0.3) is 0 Å². The number of hydrogen-bond donors (Lipinski definition) is 1. The Morgan fingerprint density at radius 2 is 1.93 bits per heavy atom. The van der Waals surface area contributed by atoms with E-state index < -0.39 is 0 Å². The second-order valence-corrected chi connectivity index (χ2v) is 8.55. The molecule has 4 rings (SSSR count). The van der Waals surface area contributed by atoms with Crippen molar-refractivity contribution < 1.29 is 9.13 Å². The average Bonchev–Trinajstić information content (AvgIpc) is 3.33. The van der Waals surface area contributed by atoms with Gasteiger partial charge in [-0.1, -0.05) is 0 Å². The number of halogens is 1. The van der Waals surface area contributed by atoms with Gasteiger partial charge in [0, 0.05) is 18.0 Å². The maximum atomic E-state index is 15.4.